The van der Waals surface area contributed by atoms with Crippen molar-refractivity contribution in [3.8, 4) is 0 Å². The van der Waals surface area contributed by atoms with E-state index in [1.807, 2.05) is 6.08 Å². The summed E-state index contributed by atoms with van der Waals surface area (Å²) >= 11 is 0. The molecule has 0 saturated heterocycles. The summed E-state index contributed by atoms with van der Waals surface area (Å²) < 4.78 is 0. The van der Waals surface area contributed by atoms with E-state index in [9.17, 15) is 24.3 Å². The molecule has 0 radical (unpaired) electrons. The molecule has 8 aliphatic carbocycles. The smallest absolute Gasteiger partial charge is 0.850 e. The van der Waals surface area contributed by atoms with Crippen molar-refractivity contribution >= 4 is 23.1 Å². The van der Waals surface area contributed by atoms with E-state index >= 15 is 0 Å². The van der Waals surface area contributed by atoms with Gasteiger partial charge in [0.1, 0.15) is 17.3 Å². The van der Waals surface area contributed by atoms with Gasteiger partial charge in [0.05, 0.1) is 5.60 Å². The Morgan fingerprint density at radius 1 is 0.642 bits per heavy atom. The van der Waals surface area contributed by atoms with Gasteiger partial charge in [0.2, 0.25) is 0 Å². The molecule has 296 valence electrons. The molecule has 0 aliphatic heterocycles. The topological polar surface area (TPSA) is 112 Å². The summed E-state index contributed by atoms with van der Waals surface area (Å²) in [4.78, 5) is 47.8. The van der Waals surface area contributed by atoms with E-state index in [0.29, 0.717) is 52.7 Å². The Hall–Kier alpha value is -0.284. The molecule has 0 spiro atoms. The number of Topliss-reactive ketones (excluding diaryl/α,β-unsaturated/α-hetero) is 3. The Morgan fingerprint density at radius 2 is 1.09 bits per heavy atom. The molecule has 8 rings (SSSR count). The van der Waals surface area contributed by atoms with Crippen molar-refractivity contribution in [3.63, 3.8) is 0 Å². The van der Waals surface area contributed by atoms with Crippen LogP contribution in [0.15, 0.2) is 23.3 Å². The number of aliphatic hydroxyl groups is 1. The van der Waals surface area contributed by atoms with Crippen LogP contribution in [0.25, 0.3) is 0 Å². The molecule has 0 aromatic rings. The number of rotatable bonds is 0. The fourth-order valence-corrected chi connectivity index (χ4v) is 11.8. The van der Waals surface area contributed by atoms with Gasteiger partial charge in [-0.15, -0.1) is 5.60 Å². The fourth-order valence-electron chi connectivity index (χ4n) is 11.8. The minimum Gasteiger partial charge on any atom is -0.850 e. The molecule has 53 heavy (non-hydrogen) atoms. The Kier molecular flexibility index (Phi) is 17.5. The van der Waals surface area contributed by atoms with Crippen LogP contribution in [-0.4, -0.2) is 39.4 Å². The Morgan fingerprint density at radius 3 is 1.62 bits per heavy atom. The molecule has 0 aromatic carbocycles. The first-order valence-electron chi connectivity index (χ1n) is 20.1. The number of carbonyl (C=O) groups excluding carboxylic acids is 4. The number of allylic oxidation sites excluding steroid dienone is 3. The molecule has 0 bridgehead atoms. The van der Waals surface area contributed by atoms with Crippen molar-refractivity contribution in [2.24, 2.45) is 58.2 Å². The van der Waals surface area contributed by atoms with Crippen LogP contribution in [0.4, 0.5) is 0 Å². The quantitative estimate of drug-likeness (QED) is 0.220. The second-order valence-electron chi connectivity index (χ2n) is 19.7. The maximum atomic E-state index is 12.3. The molecular formula is C46H75KO6. The van der Waals surface area contributed by atoms with Gasteiger partial charge in [0.15, 0.2) is 5.78 Å². The molecule has 0 aromatic heterocycles. The molecule has 10 atom stereocenters. The van der Waals surface area contributed by atoms with E-state index < -0.39 is 11.2 Å². The van der Waals surface area contributed by atoms with E-state index in [1.54, 1.807) is 41.5 Å². The van der Waals surface area contributed by atoms with Gasteiger partial charge in [0, 0.05) is 42.9 Å². The van der Waals surface area contributed by atoms with Crippen LogP contribution < -0.4 is 56.5 Å². The molecule has 8 aliphatic rings. The SMILES string of the molecule is C.C.CC(C)(C)O.CC(C)(C)[O-].C[C@]12CC[C@H]3[C@@H](CC=C4CC(=O)CC[C@@H]43)[C@@H]1CCC2=O.C[C@]12CC[C@H]3[C@@H](CCC4=CC(=O)CC[C@@H]43)[C@@H]1CCC2=O.[K+]. The maximum Gasteiger partial charge on any atom is 1.00 e. The Bertz CT molecular complexity index is 1360. The van der Waals surface area contributed by atoms with Crippen LogP contribution in [0.2, 0.25) is 0 Å². The number of fused-ring (bicyclic) bond motifs is 10. The van der Waals surface area contributed by atoms with Crippen LogP contribution in [0.3, 0.4) is 0 Å². The summed E-state index contributed by atoms with van der Waals surface area (Å²) in [5.74, 6) is 7.36. The zero-order chi connectivity index (χ0) is 36.8. The van der Waals surface area contributed by atoms with Crippen LogP contribution >= 0.6 is 0 Å². The van der Waals surface area contributed by atoms with Crippen molar-refractivity contribution < 1.29 is 80.8 Å². The van der Waals surface area contributed by atoms with Crippen molar-refractivity contribution in [2.45, 2.75) is 184 Å². The van der Waals surface area contributed by atoms with E-state index in [1.165, 1.54) is 30.4 Å². The predicted molar refractivity (Wildman–Crippen MR) is 209 cm³/mol. The van der Waals surface area contributed by atoms with Gasteiger partial charge in [-0.2, -0.15) is 0 Å². The monoisotopic (exact) mass is 763 g/mol. The van der Waals surface area contributed by atoms with E-state index in [2.05, 4.69) is 19.9 Å². The largest absolute Gasteiger partial charge is 1.00 e. The molecule has 7 heteroatoms. The summed E-state index contributed by atoms with van der Waals surface area (Å²) in [6.07, 6.45) is 20.6. The van der Waals surface area contributed by atoms with Crippen LogP contribution in [-0.2, 0) is 19.2 Å². The second kappa shape index (κ2) is 19.0. The Balaban J connectivity index is 0.000000281. The van der Waals surface area contributed by atoms with E-state index in [4.69, 9.17) is 5.11 Å². The van der Waals surface area contributed by atoms with Crippen LogP contribution in [0.5, 0.6) is 0 Å². The molecule has 0 unspecified atom stereocenters. The van der Waals surface area contributed by atoms with E-state index in [-0.39, 0.29) is 77.1 Å². The summed E-state index contributed by atoms with van der Waals surface area (Å²) in [5.41, 5.74) is 1.61. The normalized spacial score (nSPS) is 38.0. The van der Waals surface area contributed by atoms with E-state index in [0.717, 1.165) is 101 Å². The summed E-state index contributed by atoms with van der Waals surface area (Å²) in [6, 6.07) is 0. The van der Waals surface area contributed by atoms with Gasteiger partial charge in [-0.05, 0) is 145 Å². The summed E-state index contributed by atoms with van der Waals surface area (Å²) in [5, 5.41) is 18.6. The molecular weight excluding hydrogens is 688 g/mol. The van der Waals surface area contributed by atoms with Gasteiger partial charge < -0.3 is 10.2 Å². The fraction of sp³-hybridized carbons (Fsp3) is 0.826. The maximum absolute atomic E-state index is 12.3. The molecule has 0 heterocycles. The zero-order valence-corrected chi connectivity index (χ0v) is 36.7. The van der Waals surface area contributed by atoms with Gasteiger partial charge in [0.25, 0.3) is 0 Å². The van der Waals surface area contributed by atoms with Gasteiger partial charge in [-0.25, -0.2) is 0 Å². The molecule has 6 saturated carbocycles. The van der Waals surface area contributed by atoms with Gasteiger partial charge in [-0.1, -0.05) is 66.7 Å². The average Bonchev–Trinajstić information content (AvgIpc) is 3.49. The second-order valence-corrected chi connectivity index (χ2v) is 19.7. The predicted octanol–water partition coefficient (Wildman–Crippen LogP) is 6.59. The standard InChI is InChI=1S/2C18H24O2.C4H10O.C4H9O.2CH4.K/c2*1-18-9-8-14-13-5-3-12(19)10-11(13)2-4-15(14)16(18)6-7-17(18)20;2*1-4(2,3)5;;;/h10,13-16H,2-9H2,1H3;2,13-16H,3-10H2,1H3;5H,1-3H3;1-3H3;2*1H4;/q;;;-1;;;+1/t2*13-,14+,15+,16-,18-;;;;;/m00...../s1. The van der Waals surface area contributed by atoms with Gasteiger partial charge >= 0.3 is 51.4 Å². The minimum absolute atomic E-state index is 0. The Labute approximate surface area is 366 Å². The molecule has 1 N–H and O–H groups in total. The van der Waals surface area contributed by atoms with Crippen LogP contribution in [0.1, 0.15) is 173 Å². The first kappa shape index (κ1) is 48.9. The number of carbonyl (C=O) groups is 4. The third kappa shape index (κ3) is 11.4. The molecule has 6 nitrogen and oxygen atoms in total. The number of hydrogen-bond donors (Lipinski definition) is 1. The van der Waals surface area contributed by atoms with Crippen molar-refractivity contribution in [2.75, 3.05) is 0 Å². The van der Waals surface area contributed by atoms with Gasteiger partial charge in [-0.3, -0.25) is 19.2 Å². The minimum atomic E-state index is -0.750. The zero-order valence-electron chi connectivity index (χ0n) is 33.6. The van der Waals surface area contributed by atoms with Crippen molar-refractivity contribution in [3.05, 3.63) is 23.3 Å². The first-order chi connectivity index (χ1) is 23.2. The first-order valence-corrected chi connectivity index (χ1v) is 20.1. The third-order valence-electron chi connectivity index (χ3n) is 14.0. The van der Waals surface area contributed by atoms with Crippen molar-refractivity contribution in [1.82, 2.24) is 0 Å². The molecule has 0 amide bonds. The number of ketones is 4. The van der Waals surface area contributed by atoms with Crippen LogP contribution in [0, 0.1) is 58.2 Å². The molecule has 6 fully saturated rings. The van der Waals surface area contributed by atoms with Crippen molar-refractivity contribution in [1.29, 1.82) is 0 Å². The number of hydrogen-bond acceptors (Lipinski definition) is 6. The average molecular weight is 763 g/mol. The summed E-state index contributed by atoms with van der Waals surface area (Å²) in [7, 11) is 0. The summed E-state index contributed by atoms with van der Waals surface area (Å²) in [6.45, 7) is 14.6. The third-order valence-corrected chi connectivity index (χ3v) is 14.0.